The standard InChI is InChI=1S/C6H8FN3/c7-5-1-9-10(4-5)6-2-8-3-6/h1,4,6,8H,2-3H2. The molecule has 10 heavy (non-hydrogen) atoms. The Kier molecular flexibility index (Phi) is 1.20. The number of halogens is 1. The highest BCUT2D eigenvalue weighted by Gasteiger charge is 2.18. The van der Waals surface area contributed by atoms with Gasteiger partial charge in [-0.1, -0.05) is 0 Å². The number of hydrogen-bond acceptors (Lipinski definition) is 2. The molecule has 2 rings (SSSR count). The van der Waals surface area contributed by atoms with Crippen LogP contribution in [0.1, 0.15) is 6.04 Å². The lowest BCUT2D eigenvalue weighted by Gasteiger charge is -2.26. The summed E-state index contributed by atoms with van der Waals surface area (Å²) in [7, 11) is 0. The van der Waals surface area contributed by atoms with Gasteiger partial charge in [-0.15, -0.1) is 0 Å². The summed E-state index contributed by atoms with van der Waals surface area (Å²) < 4.78 is 14.0. The van der Waals surface area contributed by atoms with Crippen LogP contribution in [0.5, 0.6) is 0 Å². The van der Waals surface area contributed by atoms with Crippen molar-refractivity contribution < 1.29 is 4.39 Å². The molecule has 0 atom stereocenters. The van der Waals surface area contributed by atoms with Gasteiger partial charge in [0.05, 0.1) is 18.4 Å². The Bertz CT molecular complexity index is 229. The van der Waals surface area contributed by atoms with E-state index < -0.39 is 0 Å². The van der Waals surface area contributed by atoms with E-state index in [1.165, 1.54) is 12.4 Å². The lowest BCUT2D eigenvalue weighted by Crippen LogP contribution is -2.43. The molecule has 0 amide bonds. The number of rotatable bonds is 1. The zero-order chi connectivity index (χ0) is 6.97. The Morgan fingerprint density at radius 2 is 2.50 bits per heavy atom. The third-order valence-corrected chi connectivity index (χ3v) is 1.70. The molecule has 1 N–H and O–H groups in total. The van der Waals surface area contributed by atoms with Crippen LogP contribution in [-0.4, -0.2) is 22.9 Å². The van der Waals surface area contributed by atoms with E-state index in [0.717, 1.165) is 13.1 Å². The van der Waals surface area contributed by atoms with E-state index in [-0.39, 0.29) is 5.82 Å². The van der Waals surface area contributed by atoms with E-state index in [9.17, 15) is 4.39 Å². The largest absolute Gasteiger partial charge is 0.312 e. The lowest BCUT2D eigenvalue weighted by atomic mass is 10.2. The Hall–Kier alpha value is -0.900. The van der Waals surface area contributed by atoms with Crippen LogP contribution in [0.3, 0.4) is 0 Å². The van der Waals surface area contributed by atoms with E-state index in [4.69, 9.17) is 0 Å². The molecule has 4 heteroatoms. The quantitative estimate of drug-likeness (QED) is 0.604. The Balaban J connectivity index is 2.17. The van der Waals surface area contributed by atoms with E-state index in [0.29, 0.717) is 6.04 Å². The Labute approximate surface area is 57.8 Å². The van der Waals surface area contributed by atoms with E-state index in [1.54, 1.807) is 4.68 Å². The first-order valence-corrected chi connectivity index (χ1v) is 3.26. The minimum absolute atomic E-state index is 0.257. The van der Waals surface area contributed by atoms with Crippen molar-refractivity contribution in [2.45, 2.75) is 6.04 Å². The first-order valence-electron chi connectivity index (χ1n) is 3.26. The summed E-state index contributed by atoms with van der Waals surface area (Å²) in [5.74, 6) is -0.257. The van der Waals surface area contributed by atoms with Gasteiger partial charge in [0.2, 0.25) is 0 Å². The number of aromatic nitrogens is 2. The summed E-state index contributed by atoms with van der Waals surface area (Å²) in [6.07, 6.45) is 2.66. The predicted octanol–water partition coefficient (Wildman–Crippen LogP) is 0.167. The van der Waals surface area contributed by atoms with Crippen LogP contribution in [0.15, 0.2) is 12.4 Å². The highest BCUT2D eigenvalue weighted by molar-refractivity contribution is 4.90. The summed E-state index contributed by atoms with van der Waals surface area (Å²) in [5, 5.41) is 6.93. The fourth-order valence-corrected chi connectivity index (χ4v) is 0.975. The number of nitrogens with zero attached hydrogens (tertiary/aromatic N) is 2. The Morgan fingerprint density at radius 3 is 2.90 bits per heavy atom. The van der Waals surface area contributed by atoms with Crippen LogP contribution < -0.4 is 5.32 Å². The highest BCUT2D eigenvalue weighted by Crippen LogP contribution is 2.09. The smallest absolute Gasteiger partial charge is 0.161 e. The second-order valence-corrected chi connectivity index (χ2v) is 2.45. The van der Waals surface area contributed by atoms with Crippen molar-refractivity contribution in [3.63, 3.8) is 0 Å². The summed E-state index contributed by atoms with van der Waals surface area (Å²) in [4.78, 5) is 0. The maximum atomic E-state index is 12.3. The second-order valence-electron chi connectivity index (χ2n) is 2.45. The topological polar surface area (TPSA) is 29.9 Å². The first-order chi connectivity index (χ1) is 4.86. The average Bonchev–Trinajstić information content (AvgIpc) is 2.10. The molecule has 3 nitrogen and oxygen atoms in total. The van der Waals surface area contributed by atoms with Crippen molar-refractivity contribution in [2.24, 2.45) is 0 Å². The summed E-state index contributed by atoms with van der Waals surface area (Å²) in [5.41, 5.74) is 0. The molecule has 54 valence electrons. The van der Waals surface area contributed by atoms with Gasteiger partial charge >= 0.3 is 0 Å². The molecule has 1 saturated heterocycles. The third-order valence-electron chi connectivity index (χ3n) is 1.70. The molecule has 0 aliphatic carbocycles. The van der Waals surface area contributed by atoms with Crippen LogP contribution in [0.2, 0.25) is 0 Å². The van der Waals surface area contributed by atoms with Crippen molar-refractivity contribution in [2.75, 3.05) is 13.1 Å². The molecule has 1 aromatic heterocycles. The fourth-order valence-electron chi connectivity index (χ4n) is 0.975. The summed E-state index contributed by atoms with van der Waals surface area (Å²) in [6, 6.07) is 0.365. The zero-order valence-electron chi connectivity index (χ0n) is 5.42. The lowest BCUT2D eigenvalue weighted by molar-refractivity contribution is 0.317. The van der Waals surface area contributed by atoms with E-state index in [1.807, 2.05) is 0 Å². The molecule has 1 aliphatic heterocycles. The molecule has 1 aromatic rings. The molecule has 1 fully saturated rings. The van der Waals surface area contributed by atoms with Crippen LogP contribution in [0.25, 0.3) is 0 Å². The van der Waals surface area contributed by atoms with Gasteiger partial charge in [-0.3, -0.25) is 4.68 Å². The number of hydrogen-bond donors (Lipinski definition) is 1. The van der Waals surface area contributed by atoms with Gasteiger partial charge in [-0.25, -0.2) is 4.39 Å². The zero-order valence-corrected chi connectivity index (χ0v) is 5.42. The van der Waals surface area contributed by atoms with Gasteiger partial charge in [-0.2, -0.15) is 5.10 Å². The molecule has 2 heterocycles. The molecule has 0 unspecified atom stereocenters. The van der Waals surface area contributed by atoms with Gasteiger partial charge in [0.1, 0.15) is 0 Å². The van der Waals surface area contributed by atoms with Crippen LogP contribution >= 0.6 is 0 Å². The molecular weight excluding hydrogens is 133 g/mol. The first kappa shape index (κ1) is 5.85. The van der Waals surface area contributed by atoms with Gasteiger partial charge in [0, 0.05) is 13.1 Å². The van der Waals surface area contributed by atoms with Crippen LogP contribution in [-0.2, 0) is 0 Å². The van der Waals surface area contributed by atoms with Crippen molar-refractivity contribution in [1.82, 2.24) is 15.1 Å². The highest BCUT2D eigenvalue weighted by atomic mass is 19.1. The molecule has 0 radical (unpaired) electrons. The van der Waals surface area contributed by atoms with Crippen LogP contribution in [0.4, 0.5) is 4.39 Å². The molecule has 0 spiro atoms. The maximum absolute atomic E-state index is 12.3. The van der Waals surface area contributed by atoms with Gasteiger partial charge in [0.15, 0.2) is 5.82 Å². The van der Waals surface area contributed by atoms with Crippen molar-refractivity contribution in [3.05, 3.63) is 18.2 Å². The molecule has 0 bridgehead atoms. The molecular formula is C6H8FN3. The fraction of sp³-hybridized carbons (Fsp3) is 0.500. The Morgan fingerprint density at radius 1 is 1.70 bits per heavy atom. The SMILES string of the molecule is Fc1cnn(C2CNC2)c1. The van der Waals surface area contributed by atoms with Gasteiger partial charge < -0.3 is 5.32 Å². The third kappa shape index (κ3) is 0.806. The summed E-state index contributed by atoms with van der Waals surface area (Å²) in [6.45, 7) is 1.81. The predicted molar refractivity (Wildman–Crippen MR) is 34.1 cm³/mol. The second kappa shape index (κ2) is 2.05. The van der Waals surface area contributed by atoms with E-state index >= 15 is 0 Å². The average molecular weight is 141 g/mol. The minimum atomic E-state index is -0.257. The van der Waals surface area contributed by atoms with Crippen molar-refractivity contribution in [1.29, 1.82) is 0 Å². The van der Waals surface area contributed by atoms with Crippen LogP contribution in [0, 0.1) is 5.82 Å². The molecule has 1 aliphatic rings. The van der Waals surface area contributed by atoms with Gasteiger partial charge in [-0.05, 0) is 0 Å². The maximum Gasteiger partial charge on any atom is 0.161 e. The normalized spacial score (nSPS) is 18.9. The van der Waals surface area contributed by atoms with E-state index in [2.05, 4.69) is 10.4 Å². The summed E-state index contributed by atoms with van der Waals surface area (Å²) >= 11 is 0. The molecule has 0 aromatic carbocycles. The number of nitrogens with one attached hydrogen (secondary N) is 1. The minimum Gasteiger partial charge on any atom is -0.312 e. The van der Waals surface area contributed by atoms with Crippen molar-refractivity contribution >= 4 is 0 Å². The van der Waals surface area contributed by atoms with Gasteiger partial charge in [0.25, 0.3) is 0 Å². The van der Waals surface area contributed by atoms with Crippen molar-refractivity contribution in [3.8, 4) is 0 Å². The monoisotopic (exact) mass is 141 g/mol. The molecule has 0 saturated carbocycles.